The zero-order valence-corrected chi connectivity index (χ0v) is 15.7. The highest BCUT2D eigenvalue weighted by Gasteiger charge is 2.15. The number of fused-ring (bicyclic) bond motifs is 1. The summed E-state index contributed by atoms with van der Waals surface area (Å²) in [4.78, 5) is 15.1. The van der Waals surface area contributed by atoms with Crippen molar-refractivity contribution in [2.75, 3.05) is 27.7 Å². The summed E-state index contributed by atoms with van der Waals surface area (Å²) in [6, 6.07) is 16.1. The standard InChI is InChI=1S/C22H26N2O2/c1-23(2)14-13-18-16-24(21-15-19(26-3)10-11-20(18)21)22(25)12-9-17-7-5-4-6-8-17/h4-8,10-11,15-16H,9,12-14H2,1-3H3. The first-order valence-corrected chi connectivity index (χ1v) is 8.98. The smallest absolute Gasteiger partial charge is 0.231 e. The van der Waals surface area contributed by atoms with Crippen LogP contribution in [0.25, 0.3) is 10.9 Å². The number of carbonyl (C=O) groups excluding carboxylic acids is 1. The van der Waals surface area contributed by atoms with Gasteiger partial charge in [-0.25, -0.2) is 0 Å². The lowest BCUT2D eigenvalue weighted by Gasteiger charge is -2.08. The van der Waals surface area contributed by atoms with E-state index in [0.717, 1.165) is 36.0 Å². The Labute approximate surface area is 155 Å². The third-order valence-corrected chi connectivity index (χ3v) is 4.66. The van der Waals surface area contributed by atoms with Gasteiger partial charge in [0.25, 0.3) is 0 Å². The second kappa shape index (κ2) is 8.19. The Morgan fingerprint density at radius 3 is 2.54 bits per heavy atom. The first-order valence-electron chi connectivity index (χ1n) is 8.98. The van der Waals surface area contributed by atoms with E-state index in [1.807, 2.05) is 36.5 Å². The molecule has 0 aliphatic heterocycles. The van der Waals surface area contributed by atoms with E-state index >= 15 is 0 Å². The normalized spacial score (nSPS) is 11.2. The highest BCUT2D eigenvalue weighted by molar-refractivity contribution is 5.95. The average molecular weight is 350 g/mol. The van der Waals surface area contributed by atoms with Crippen LogP contribution >= 0.6 is 0 Å². The third kappa shape index (κ3) is 4.14. The molecule has 1 heterocycles. The highest BCUT2D eigenvalue weighted by Crippen LogP contribution is 2.27. The molecule has 0 saturated carbocycles. The summed E-state index contributed by atoms with van der Waals surface area (Å²) >= 11 is 0. The van der Waals surface area contributed by atoms with Gasteiger partial charge in [0.05, 0.1) is 12.6 Å². The number of hydrogen-bond acceptors (Lipinski definition) is 3. The van der Waals surface area contributed by atoms with Crippen molar-refractivity contribution in [2.24, 2.45) is 0 Å². The van der Waals surface area contributed by atoms with E-state index in [1.54, 1.807) is 11.7 Å². The summed E-state index contributed by atoms with van der Waals surface area (Å²) in [6.07, 6.45) is 4.14. The Hall–Kier alpha value is -2.59. The van der Waals surface area contributed by atoms with Crippen molar-refractivity contribution in [3.8, 4) is 5.75 Å². The van der Waals surface area contributed by atoms with Crippen molar-refractivity contribution in [3.63, 3.8) is 0 Å². The summed E-state index contributed by atoms with van der Waals surface area (Å²) in [7, 11) is 5.78. The second-order valence-corrected chi connectivity index (χ2v) is 6.84. The number of aryl methyl sites for hydroxylation is 1. The van der Waals surface area contributed by atoms with E-state index in [2.05, 4.69) is 37.2 Å². The predicted octanol–water partition coefficient (Wildman–Crippen LogP) is 4.03. The van der Waals surface area contributed by atoms with E-state index in [9.17, 15) is 4.79 Å². The molecule has 0 unspecified atom stereocenters. The molecule has 1 aromatic heterocycles. The highest BCUT2D eigenvalue weighted by atomic mass is 16.5. The summed E-state index contributed by atoms with van der Waals surface area (Å²) in [6.45, 7) is 0.948. The zero-order valence-electron chi connectivity index (χ0n) is 15.7. The average Bonchev–Trinajstić information content (AvgIpc) is 3.03. The van der Waals surface area contributed by atoms with Crippen molar-refractivity contribution < 1.29 is 9.53 Å². The fourth-order valence-electron chi connectivity index (χ4n) is 3.17. The molecule has 0 aliphatic rings. The van der Waals surface area contributed by atoms with Crippen LogP contribution < -0.4 is 4.74 Å². The van der Waals surface area contributed by atoms with Crippen molar-refractivity contribution in [1.82, 2.24) is 9.47 Å². The minimum atomic E-state index is 0.114. The molecular weight excluding hydrogens is 324 g/mol. The van der Waals surface area contributed by atoms with Gasteiger partial charge in [-0.15, -0.1) is 0 Å². The van der Waals surface area contributed by atoms with Crippen LogP contribution in [0.3, 0.4) is 0 Å². The number of rotatable bonds is 7. The van der Waals surface area contributed by atoms with Crippen LogP contribution in [0.5, 0.6) is 5.75 Å². The molecule has 26 heavy (non-hydrogen) atoms. The van der Waals surface area contributed by atoms with Crippen LogP contribution in [0, 0.1) is 0 Å². The van der Waals surface area contributed by atoms with Gasteiger partial charge in [-0.05, 0) is 50.2 Å². The van der Waals surface area contributed by atoms with Crippen LogP contribution in [-0.2, 0) is 12.8 Å². The number of benzene rings is 2. The Morgan fingerprint density at radius 1 is 1.08 bits per heavy atom. The minimum Gasteiger partial charge on any atom is -0.497 e. The van der Waals surface area contributed by atoms with Crippen LogP contribution in [0.1, 0.15) is 22.3 Å². The van der Waals surface area contributed by atoms with E-state index < -0.39 is 0 Å². The fourth-order valence-corrected chi connectivity index (χ4v) is 3.17. The molecule has 0 amide bonds. The van der Waals surface area contributed by atoms with Crippen molar-refractivity contribution in [1.29, 1.82) is 0 Å². The number of carbonyl (C=O) groups is 1. The number of hydrogen-bond donors (Lipinski definition) is 0. The molecule has 0 atom stereocenters. The topological polar surface area (TPSA) is 34.5 Å². The van der Waals surface area contributed by atoms with E-state index in [0.29, 0.717) is 6.42 Å². The van der Waals surface area contributed by atoms with Gasteiger partial charge in [0, 0.05) is 30.6 Å². The molecule has 2 aromatic carbocycles. The SMILES string of the molecule is COc1ccc2c(CCN(C)C)cn(C(=O)CCc3ccccc3)c2c1. The molecule has 4 heteroatoms. The third-order valence-electron chi connectivity index (χ3n) is 4.66. The van der Waals surface area contributed by atoms with E-state index in [4.69, 9.17) is 4.74 Å². The van der Waals surface area contributed by atoms with Crippen LogP contribution in [0.4, 0.5) is 0 Å². The van der Waals surface area contributed by atoms with Gasteiger partial charge in [0.15, 0.2) is 0 Å². The molecule has 3 aromatic rings. The number of nitrogens with zero attached hydrogens (tertiary/aromatic N) is 2. The number of likely N-dealkylation sites (N-methyl/N-ethyl adjacent to an activating group) is 1. The van der Waals surface area contributed by atoms with Crippen LogP contribution in [0.2, 0.25) is 0 Å². The molecule has 0 bridgehead atoms. The maximum Gasteiger partial charge on any atom is 0.231 e. The fraction of sp³-hybridized carbons (Fsp3) is 0.318. The summed E-state index contributed by atoms with van der Waals surface area (Å²) in [5, 5.41) is 1.13. The zero-order chi connectivity index (χ0) is 18.5. The van der Waals surface area contributed by atoms with Crippen LogP contribution in [0.15, 0.2) is 54.7 Å². The van der Waals surface area contributed by atoms with Crippen molar-refractivity contribution in [3.05, 3.63) is 65.9 Å². The molecule has 4 nitrogen and oxygen atoms in total. The van der Waals surface area contributed by atoms with Gasteiger partial charge < -0.3 is 9.64 Å². The molecule has 136 valence electrons. The molecule has 0 fully saturated rings. The quantitative estimate of drug-likeness (QED) is 0.645. The molecule has 0 saturated heterocycles. The Morgan fingerprint density at radius 2 is 1.85 bits per heavy atom. The molecule has 0 radical (unpaired) electrons. The maximum absolute atomic E-state index is 12.9. The van der Waals surface area contributed by atoms with Gasteiger partial charge in [0.1, 0.15) is 5.75 Å². The van der Waals surface area contributed by atoms with E-state index in [1.165, 1.54) is 11.1 Å². The van der Waals surface area contributed by atoms with Crippen LogP contribution in [-0.4, -0.2) is 43.1 Å². The predicted molar refractivity (Wildman–Crippen MR) is 106 cm³/mol. The van der Waals surface area contributed by atoms with E-state index in [-0.39, 0.29) is 5.91 Å². The maximum atomic E-state index is 12.9. The molecule has 0 spiro atoms. The summed E-state index contributed by atoms with van der Waals surface area (Å²) in [5.74, 6) is 0.884. The Kier molecular flexibility index (Phi) is 5.74. The molecule has 0 aliphatic carbocycles. The number of aromatic nitrogens is 1. The monoisotopic (exact) mass is 350 g/mol. The molecule has 3 rings (SSSR count). The Bertz CT molecular complexity index is 882. The summed E-state index contributed by atoms with van der Waals surface area (Å²) in [5.41, 5.74) is 3.31. The lowest BCUT2D eigenvalue weighted by Crippen LogP contribution is -2.15. The molecule has 0 N–H and O–H groups in total. The van der Waals surface area contributed by atoms with Gasteiger partial charge in [-0.1, -0.05) is 30.3 Å². The lowest BCUT2D eigenvalue weighted by molar-refractivity contribution is 0.0908. The Balaban J connectivity index is 1.88. The minimum absolute atomic E-state index is 0.114. The second-order valence-electron chi connectivity index (χ2n) is 6.84. The lowest BCUT2D eigenvalue weighted by atomic mass is 10.1. The largest absolute Gasteiger partial charge is 0.497 e. The van der Waals surface area contributed by atoms with Crippen molar-refractivity contribution in [2.45, 2.75) is 19.3 Å². The van der Waals surface area contributed by atoms with Gasteiger partial charge >= 0.3 is 0 Å². The number of ether oxygens (including phenoxy) is 1. The van der Waals surface area contributed by atoms with Gasteiger partial charge in [0.2, 0.25) is 5.91 Å². The van der Waals surface area contributed by atoms with Gasteiger partial charge in [-0.2, -0.15) is 0 Å². The first kappa shape index (κ1) is 18.2. The summed E-state index contributed by atoms with van der Waals surface area (Å²) < 4.78 is 7.16. The van der Waals surface area contributed by atoms with Crippen molar-refractivity contribution >= 4 is 16.8 Å². The first-order chi connectivity index (χ1) is 12.6. The number of methoxy groups -OCH3 is 1. The molecular formula is C22H26N2O2. The van der Waals surface area contributed by atoms with Gasteiger partial charge in [-0.3, -0.25) is 9.36 Å².